The summed E-state index contributed by atoms with van der Waals surface area (Å²) in [5.74, 6) is -0.0833. The van der Waals surface area contributed by atoms with Gasteiger partial charge in [0, 0.05) is 10.9 Å². The second-order valence-corrected chi connectivity index (χ2v) is 5.96. The highest BCUT2D eigenvalue weighted by Gasteiger charge is 2.13. The molecule has 0 aliphatic carbocycles. The highest BCUT2D eigenvalue weighted by atomic mass is 79.9. The van der Waals surface area contributed by atoms with Crippen LogP contribution in [0.25, 0.3) is 0 Å². The predicted octanol–water partition coefficient (Wildman–Crippen LogP) is 4.78. The third-order valence-electron chi connectivity index (χ3n) is 2.81. The molecule has 0 heterocycles. The first kappa shape index (κ1) is 15.2. The topological polar surface area (TPSA) is 26.3 Å². The zero-order valence-corrected chi connectivity index (χ0v) is 13.8. The molecule has 0 atom stereocenters. The number of hydrogen-bond donors (Lipinski definition) is 0. The van der Waals surface area contributed by atoms with E-state index in [9.17, 15) is 9.18 Å². The Kier molecular flexibility index (Phi) is 4.94. The van der Waals surface area contributed by atoms with Gasteiger partial charge in [-0.1, -0.05) is 22.0 Å². The molecule has 0 saturated heterocycles. The molecule has 2 rings (SSSR count). The minimum absolute atomic E-state index is 0.0974. The first-order valence-corrected chi connectivity index (χ1v) is 7.40. The van der Waals surface area contributed by atoms with Gasteiger partial charge in [0.1, 0.15) is 11.6 Å². The van der Waals surface area contributed by atoms with E-state index in [2.05, 4.69) is 31.9 Å². The number of carbonyl (C=O) groups excluding carboxylic acids is 1. The van der Waals surface area contributed by atoms with Crippen molar-refractivity contribution < 1.29 is 13.9 Å². The van der Waals surface area contributed by atoms with E-state index in [1.54, 1.807) is 31.4 Å². The van der Waals surface area contributed by atoms with Crippen molar-refractivity contribution in [3.63, 3.8) is 0 Å². The Bertz CT molecular complexity index is 656. The molecular formula is C15H11Br2FO2. The molecule has 0 spiro atoms. The number of ether oxygens (including phenoxy) is 1. The van der Waals surface area contributed by atoms with Crippen molar-refractivity contribution in [3.05, 3.63) is 62.3 Å². The second kappa shape index (κ2) is 6.50. The Hall–Kier alpha value is -1.20. The Morgan fingerprint density at radius 3 is 2.55 bits per heavy atom. The first-order valence-electron chi connectivity index (χ1n) is 5.82. The normalized spacial score (nSPS) is 10.4. The van der Waals surface area contributed by atoms with Gasteiger partial charge in [-0.15, -0.1) is 0 Å². The highest BCUT2D eigenvalue weighted by Crippen LogP contribution is 2.26. The number of halogens is 3. The van der Waals surface area contributed by atoms with Gasteiger partial charge in [0.05, 0.1) is 17.1 Å². The van der Waals surface area contributed by atoms with E-state index in [0.717, 1.165) is 10.0 Å². The predicted molar refractivity (Wildman–Crippen MR) is 82.8 cm³/mol. The number of hydrogen-bond acceptors (Lipinski definition) is 2. The lowest BCUT2D eigenvalue weighted by Crippen LogP contribution is -2.06. The van der Waals surface area contributed by atoms with E-state index in [-0.39, 0.29) is 17.8 Å². The summed E-state index contributed by atoms with van der Waals surface area (Å²) < 4.78 is 20.2. The van der Waals surface area contributed by atoms with Crippen molar-refractivity contribution >= 4 is 37.6 Å². The summed E-state index contributed by atoms with van der Waals surface area (Å²) in [4.78, 5) is 12.1. The molecule has 0 radical (unpaired) electrons. The van der Waals surface area contributed by atoms with Crippen molar-refractivity contribution in [1.82, 2.24) is 0 Å². The van der Waals surface area contributed by atoms with Crippen LogP contribution in [0.2, 0.25) is 0 Å². The van der Waals surface area contributed by atoms with Crippen LogP contribution in [0, 0.1) is 5.82 Å². The van der Waals surface area contributed by atoms with Gasteiger partial charge in [-0.05, 0) is 51.8 Å². The molecule has 0 fully saturated rings. The summed E-state index contributed by atoms with van der Waals surface area (Å²) in [6, 6.07) is 9.79. The molecule has 2 aromatic carbocycles. The van der Waals surface area contributed by atoms with Crippen LogP contribution in [0.4, 0.5) is 4.39 Å². The van der Waals surface area contributed by atoms with Gasteiger partial charge in [-0.3, -0.25) is 4.79 Å². The molecule has 20 heavy (non-hydrogen) atoms. The smallest absolute Gasteiger partial charge is 0.170 e. The molecule has 104 valence electrons. The molecule has 0 N–H and O–H groups in total. The standard InChI is InChI=1S/C15H11Br2FO2/c1-20-15-5-2-9(6-12(15)17)7-14(19)11-4-3-10(16)8-13(11)18/h2-6,8H,7H2,1H3. The molecular weight excluding hydrogens is 391 g/mol. The van der Waals surface area contributed by atoms with E-state index in [1.165, 1.54) is 12.1 Å². The van der Waals surface area contributed by atoms with Crippen LogP contribution in [-0.2, 0) is 6.42 Å². The molecule has 0 saturated carbocycles. The summed E-state index contributed by atoms with van der Waals surface area (Å²) in [7, 11) is 1.57. The fraction of sp³-hybridized carbons (Fsp3) is 0.133. The second-order valence-electron chi connectivity index (χ2n) is 4.19. The van der Waals surface area contributed by atoms with Crippen LogP contribution in [0.1, 0.15) is 15.9 Å². The zero-order valence-electron chi connectivity index (χ0n) is 10.6. The quantitative estimate of drug-likeness (QED) is 0.688. The van der Waals surface area contributed by atoms with E-state index in [1.807, 2.05) is 0 Å². The summed E-state index contributed by atoms with van der Waals surface area (Å²) in [6.45, 7) is 0. The van der Waals surface area contributed by atoms with Crippen molar-refractivity contribution in [2.45, 2.75) is 6.42 Å². The van der Waals surface area contributed by atoms with Crippen molar-refractivity contribution in [2.24, 2.45) is 0 Å². The molecule has 2 aromatic rings. The van der Waals surface area contributed by atoms with Crippen LogP contribution in [0.3, 0.4) is 0 Å². The fourth-order valence-corrected chi connectivity index (χ4v) is 2.74. The average Bonchev–Trinajstić information content (AvgIpc) is 2.38. The van der Waals surface area contributed by atoms with Gasteiger partial charge in [-0.25, -0.2) is 4.39 Å². The molecule has 2 nitrogen and oxygen atoms in total. The third-order valence-corrected chi connectivity index (χ3v) is 3.93. The number of carbonyl (C=O) groups is 1. The van der Waals surface area contributed by atoms with E-state index in [0.29, 0.717) is 10.2 Å². The van der Waals surface area contributed by atoms with Gasteiger partial charge >= 0.3 is 0 Å². The number of ketones is 1. The van der Waals surface area contributed by atoms with Gasteiger partial charge in [0.25, 0.3) is 0 Å². The van der Waals surface area contributed by atoms with Crippen LogP contribution < -0.4 is 4.74 Å². The van der Waals surface area contributed by atoms with Crippen LogP contribution in [0.5, 0.6) is 5.75 Å². The number of methoxy groups -OCH3 is 1. The monoisotopic (exact) mass is 400 g/mol. The number of Topliss-reactive ketones (excluding diaryl/α,β-unsaturated/α-hetero) is 1. The SMILES string of the molecule is COc1ccc(CC(=O)c2ccc(Br)cc2F)cc1Br. The van der Waals surface area contributed by atoms with E-state index in [4.69, 9.17) is 4.74 Å². The van der Waals surface area contributed by atoms with Gasteiger partial charge < -0.3 is 4.74 Å². The van der Waals surface area contributed by atoms with E-state index < -0.39 is 5.82 Å². The Labute approximate surface area is 133 Å². The van der Waals surface area contributed by atoms with Crippen LogP contribution in [0.15, 0.2) is 45.3 Å². The maximum absolute atomic E-state index is 13.7. The maximum Gasteiger partial charge on any atom is 0.170 e. The Balaban J connectivity index is 2.21. The lowest BCUT2D eigenvalue weighted by Gasteiger charge is -2.07. The van der Waals surface area contributed by atoms with Crippen molar-refractivity contribution in [3.8, 4) is 5.75 Å². The number of rotatable bonds is 4. The molecule has 5 heteroatoms. The third kappa shape index (κ3) is 3.46. The molecule has 0 bridgehead atoms. The van der Waals surface area contributed by atoms with Gasteiger partial charge in [0.2, 0.25) is 0 Å². The van der Waals surface area contributed by atoms with Gasteiger partial charge in [0.15, 0.2) is 5.78 Å². The largest absolute Gasteiger partial charge is 0.496 e. The number of benzene rings is 2. The summed E-state index contributed by atoms with van der Waals surface area (Å²) in [5, 5.41) is 0. The highest BCUT2D eigenvalue weighted by molar-refractivity contribution is 9.10. The summed E-state index contributed by atoms with van der Waals surface area (Å²) in [6.07, 6.45) is 0.140. The minimum Gasteiger partial charge on any atom is -0.496 e. The lowest BCUT2D eigenvalue weighted by molar-refractivity contribution is 0.0989. The lowest BCUT2D eigenvalue weighted by atomic mass is 10.0. The van der Waals surface area contributed by atoms with E-state index >= 15 is 0 Å². The first-order chi connectivity index (χ1) is 9.51. The fourth-order valence-electron chi connectivity index (χ4n) is 1.82. The maximum atomic E-state index is 13.7. The zero-order chi connectivity index (χ0) is 14.7. The molecule has 0 amide bonds. The Morgan fingerprint density at radius 1 is 1.20 bits per heavy atom. The molecule has 0 unspecified atom stereocenters. The van der Waals surface area contributed by atoms with Gasteiger partial charge in [-0.2, -0.15) is 0 Å². The van der Waals surface area contributed by atoms with Crippen molar-refractivity contribution in [2.75, 3.05) is 7.11 Å². The molecule has 0 aromatic heterocycles. The van der Waals surface area contributed by atoms with Crippen LogP contribution in [-0.4, -0.2) is 12.9 Å². The Morgan fingerprint density at radius 2 is 1.95 bits per heavy atom. The average molecular weight is 402 g/mol. The molecule has 0 aliphatic heterocycles. The van der Waals surface area contributed by atoms with Crippen LogP contribution >= 0.6 is 31.9 Å². The molecule has 0 aliphatic rings. The van der Waals surface area contributed by atoms with Crippen molar-refractivity contribution in [1.29, 1.82) is 0 Å². The summed E-state index contributed by atoms with van der Waals surface area (Å²) in [5.41, 5.74) is 0.894. The summed E-state index contributed by atoms with van der Waals surface area (Å²) >= 11 is 6.53. The minimum atomic E-state index is -0.517.